The SMILES string of the molecule is COc1cc(/C=C(\C#N)c2nc3ccccc3[nH]2)ccc1OCC(=O)Nc1ccccc1C(=O)c1ccccc1. The summed E-state index contributed by atoms with van der Waals surface area (Å²) in [5, 5.41) is 12.5. The fourth-order valence-electron chi connectivity index (χ4n) is 4.16. The van der Waals surface area contributed by atoms with Gasteiger partial charge in [-0.1, -0.05) is 60.7 Å². The molecule has 0 spiro atoms. The number of nitriles is 1. The molecule has 5 rings (SSSR count). The minimum atomic E-state index is -0.434. The lowest BCUT2D eigenvalue weighted by Crippen LogP contribution is -2.21. The first-order valence-electron chi connectivity index (χ1n) is 12.4. The highest BCUT2D eigenvalue weighted by Crippen LogP contribution is 2.30. The smallest absolute Gasteiger partial charge is 0.262 e. The number of aromatic nitrogens is 2. The number of methoxy groups -OCH3 is 1. The molecule has 196 valence electrons. The fraction of sp³-hybridized carbons (Fsp3) is 0.0625. The van der Waals surface area contributed by atoms with E-state index < -0.39 is 5.91 Å². The first kappa shape index (κ1) is 25.9. The number of nitrogens with zero attached hydrogens (tertiary/aromatic N) is 2. The van der Waals surface area contributed by atoms with Gasteiger partial charge in [0.25, 0.3) is 5.91 Å². The molecule has 40 heavy (non-hydrogen) atoms. The molecule has 0 bridgehead atoms. The van der Waals surface area contributed by atoms with Crippen LogP contribution in [0.5, 0.6) is 11.5 Å². The first-order valence-corrected chi connectivity index (χ1v) is 12.4. The van der Waals surface area contributed by atoms with Crippen LogP contribution in [0.3, 0.4) is 0 Å². The third-order valence-corrected chi connectivity index (χ3v) is 6.10. The summed E-state index contributed by atoms with van der Waals surface area (Å²) in [5.41, 5.74) is 3.96. The first-order chi connectivity index (χ1) is 19.6. The van der Waals surface area contributed by atoms with E-state index in [0.29, 0.717) is 45.3 Å². The number of rotatable bonds is 9. The molecule has 0 aliphatic carbocycles. The summed E-state index contributed by atoms with van der Waals surface area (Å²) in [6, 6.07) is 30.6. The van der Waals surface area contributed by atoms with Crippen LogP contribution in [0.4, 0.5) is 5.69 Å². The zero-order chi connectivity index (χ0) is 27.9. The van der Waals surface area contributed by atoms with Crippen molar-refractivity contribution in [2.75, 3.05) is 19.0 Å². The van der Waals surface area contributed by atoms with E-state index in [2.05, 4.69) is 21.4 Å². The highest BCUT2D eigenvalue weighted by molar-refractivity contribution is 6.13. The molecule has 0 atom stereocenters. The normalized spacial score (nSPS) is 11.1. The van der Waals surface area contributed by atoms with Crippen LogP contribution in [-0.4, -0.2) is 35.4 Å². The summed E-state index contributed by atoms with van der Waals surface area (Å²) in [6.45, 7) is -0.304. The number of H-pyrrole nitrogens is 1. The van der Waals surface area contributed by atoms with Crippen molar-refractivity contribution in [2.24, 2.45) is 0 Å². The third kappa shape index (κ3) is 5.74. The predicted octanol–water partition coefficient (Wildman–Crippen LogP) is 5.88. The zero-order valence-electron chi connectivity index (χ0n) is 21.5. The number of carbonyl (C=O) groups excluding carboxylic acids is 2. The van der Waals surface area contributed by atoms with Crippen LogP contribution in [0.2, 0.25) is 0 Å². The maximum absolute atomic E-state index is 12.9. The van der Waals surface area contributed by atoms with Crippen LogP contribution in [0.1, 0.15) is 27.3 Å². The average Bonchev–Trinajstić information content (AvgIpc) is 3.43. The Morgan fingerprint density at radius 2 is 1.70 bits per heavy atom. The molecule has 8 heteroatoms. The van der Waals surface area contributed by atoms with E-state index in [1.807, 2.05) is 30.3 Å². The minimum Gasteiger partial charge on any atom is -0.493 e. The summed E-state index contributed by atoms with van der Waals surface area (Å²) in [5.74, 6) is 0.581. The van der Waals surface area contributed by atoms with Crippen molar-refractivity contribution in [3.05, 3.63) is 120 Å². The number of ether oxygens (including phenoxy) is 2. The van der Waals surface area contributed by atoms with Crippen molar-refractivity contribution >= 4 is 40.1 Å². The fourth-order valence-corrected chi connectivity index (χ4v) is 4.16. The standard InChI is InChI=1S/C32H24N4O4/c1-39-29-18-21(17-23(19-33)32-35-26-13-7-8-14-27(26)36-32)15-16-28(29)40-20-30(37)34-25-12-6-5-11-24(25)31(38)22-9-3-2-4-10-22/h2-18H,20H2,1H3,(H,34,37)(H,35,36)/b23-17+. The molecule has 0 unspecified atom stereocenters. The van der Waals surface area contributed by atoms with Crippen molar-refractivity contribution in [1.82, 2.24) is 9.97 Å². The molecule has 0 aliphatic heterocycles. The number of anilines is 1. The number of carbonyl (C=O) groups is 2. The number of benzene rings is 4. The van der Waals surface area contributed by atoms with Gasteiger partial charge in [-0.2, -0.15) is 5.26 Å². The summed E-state index contributed by atoms with van der Waals surface area (Å²) >= 11 is 0. The molecule has 1 aromatic heterocycles. The molecule has 0 radical (unpaired) electrons. The molecule has 1 heterocycles. The second kappa shape index (κ2) is 11.8. The molecule has 8 nitrogen and oxygen atoms in total. The number of ketones is 1. The second-order valence-electron chi connectivity index (χ2n) is 8.76. The minimum absolute atomic E-state index is 0.192. The Morgan fingerprint density at radius 3 is 2.48 bits per heavy atom. The molecule has 5 aromatic rings. The van der Waals surface area contributed by atoms with E-state index >= 15 is 0 Å². The van der Waals surface area contributed by atoms with Crippen molar-refractivity contribution in [3.8, 4) is 17.6 Å². The number of para-hydroxylation sites is 3. The van der Waals surface area contributed by atoms with Crippen LogP contribution >= 0.6 is 0 Å². The monoisotopic (exact) mass is 528 g/mol. The molecule has 0 aliphatic rings. The Labute approximate surface area is 230 Å². The van der Waals surface area contributed by atoms with Crippen LogP contribution in [0.15, 0.2) is 97.1 Å². The van der Waals surface area contributed by atoms with Gasteiger partial charge in [0.2, 0.25) is 0 Å². The highest BCUT2D eigenvalue weighted by atomic mass is 16.5. The van der Waals surface area contributed by atoms with E-state index in [1.165, 1.54) is 7.11 Å². The Hall–Kier alpha value is -5.68. The number of nitrogens with one attached hydrogen (secondary N) is 2. The van der Waals surface area contributed by atoms with Crippen molar-refractivity contribution in [3.63, 3.8) is 0 Å². The van der Waals surface area contributed by atoms with Gasteiger partial charge in [-0.15, -0.1) is 0 Å². The van der Waals surface area contributed by atoms with Gasteiger partial charge in [0.1, 0.15) is 11.9 Å². The average molecular weight is 529 g/mol. The Morgan fingerprint density at radius 1 is 0.950 bits per heavy atom. The Bertz CT molecular complexity index is 1730. The summed E-state index contributed by atoms with van der Waals surface area (Å²) in [4.78, 5) is 33.3. The lowest BCUT2D eigenvalue weighted by Gasteiger charge is -2.13. The van der Waals surface area contributed by atoms with Crippen LogP contribution in [0.25, 0.3) is 22.7 Å². The van der Waals surface area contributed by atoms with Gasteiger partial charge in [0.05, 0.1) is 29.4 Å². The van der Waals surface area contributed by atoms with E-state index in [4.69, 9.17) is 9.47 Å². The number of hydrogen-bond acceptors (Lipinski definition) is 6. The highest BCUT2D eigenvalue weighted by Gasteiger charge is 2.16. The van der Waals surface area contributed by atoms with E-state index in [1.54, 1.807) is 72.8 Å². The van der Waals surface area contributed by atoms with Crippen molar-refractivity contribution in [1.29, 1.82) is 5.26 Å². The number of allylic oxidation sites excluding steroid dienone is 1. The van der Waals surface area contributed by atoms with E-state index in [9.17, 15) is 14.9 Å². The predicted molar refractivity (Wildman–Crippen MR) is 153 cm³/mol. The molecule has 0 saturated carbocycles. The molecule has 2 N–H and O–H groups in total. The lowest BCUT2D eigenvalue weighted by molar-refractivity contribution is -0.118. The summed E-state index contributed by atoms with van der Waals surface area (Å²) in [7, 11) is 1.49. The van der Waals surface area contributed by atoms with E-state index in [0.717, 1.165) is 11.0 Å². The molecule has 0 fully saturated rings. The molecular formula is C32H24N4O4. The van der Waals surface area contributed by atoms with Gasteiger partial charge in [0, 0.05) is 11.1 Å². The third-order valence-electron chi connectivity index (χ3n) is 6.10. The van der Waals surface area contributed by atoms with Crippen LogP contribution in [-0.2, 0) is 4.79 Å². The number of aromatic amines is 1. The van der Waals surface area contributed by atoms with Gasteiger partial charge in [-0.3, -0.25) is 9.59 Å². The molecule has 1 amide bonds. The second-order valence-corrected chi connectivity index (χ2v) is 8.76. The molecule has 0 saturated heterocycles. The maximum Gasteiger partial charge on any atom is 0.262 e. The summed E-state index contributed by atoms with van der Waals surface area (Å²) in [6.07, 6.45) is 1.69. The van der Waals surface area contributed by atoms with Crippen LogP contribution < -0.4 is 14.8 Å². The molecule has 4 aromatic carbocycles. The Balaban J connectivity index is 1.28. The molecular weight excluding hydrogens is 504 g/mol. The number of imidazole rings is 1. The lowest BCUT2D eigenvalue weighted by atomic mass is 10.0. The summed E-state index contributed by atoms with van der Waals surface area (Å²) < 4.78 is 11.2. The number of fused-ring (bicyclic) bond motifs is 1. The van der Waals surface area contributed by atoms with E-state index in [-0.39, 0.29) is 12.4 Å². The van der Waals surface area contributed by atoms with Crippen molar-refractivity contribution in [2.45, 2.75) is 0 Å². The van der Waals surface area contributed by atoms with Gasteiger partial charge in [0.15, 0.2) is 23.9 Å². The van der Waals surface area contributed by atoms with Gasteiger partial charge < -0.3 is 19.8 Å². The number of amides is 1. The number of hydrogen-bond donors (Lipinski definition) is 2. The largest absolute Gasteiger partial charge is 0.493 e. The van der Waals surface area contributed by atoms with Gasteiger partial charge in [-0.25, -0.2) is 4.98 Å². The zero-order valence-corrected chi connectivity index (χ0v) is 21.5. The van der Waals surface area contributed by atoms with Crippen LogP contribution in [0, 0.1) is 11.3 Å². The van der Waals surface area contributed by atoms with Gasteiger partial charge >= 0.3 is 0 Å². The maximum atomic E-state index is 12.9. The van der Waals surface area contributed by atoms with Crippen molar-refractivity contribution < 1.29 is 19.1 Å². The Kier molecular flexibility index (Phi) is 7.65. The quantitative estimate of drug-likeness (QED) is 0.182. The topological polar surface area (TPSA) is 117 Å². The van der Waals surface area contributed by atoms with Gasteiger partial charge in [-0.05, 0) is 48.0 Å².